The minimum atomic E-state index is -4.47. The number of hydrogen-bond acceptors (Lipinski definition) is 9. The zero-order valence-electron chi connectivity index (χ0n) is 38.2. The van der Waals surface area contributed by atoms with Gasteiger partial charge in [0.2, 0.25) is 10.0 Å². The summed E-state index contributed by atoms with van der Waals surface area (Å²) in [6.45, 7) is 7.64. The van der Waals surface area contributed by atoms with Gasteiger partial charge in [-0.05, 0) is 99.3 Å². The highest BCUT2D eigenvalue weighted by molar-refractivity contribution is 7.92. The van der Waals surface area contributed by atoms with Crippen molar-refractivity contribution < 1.29 is 45.2 Å². The first-order valence-electron chi connectivity index (χ1n) is 21.6. The van der Waals surface area contributed by atoms with Crippen LogP contribution in [0, 0.1) is 0 Å². The van der Waals surface area contributed by atoms with Crippen LogP contribution in [-0.4, -0.2) is 70.7 Å². The fourth-order valence-corrected chi connectivity index (χ4v) is 7.58. The van der Waals surface area contributed by atoms with Gasteiger partial charge in [0, 0.05) is 31.0 Å². The predicted octanol–water partition coefficient (Wildman–Crippen LogP) is 9.27. The number of aromatic nitrogens is 1. The average Bonchev–Trinajstić information content (AvgIpc) is 3.30. The molecule has 0 saturated carbocycles. The number of alkyl halides is 3. The summed E-state index contributed by atoms with van der Waals surface area (Å²) < 4.78 is 82.9. The number of carbonyl (C=O) groups excluding carboxylic acids is 1. The fourth-order valence-electron chi connectivity index (χ4n) is 6.58. The lowest BCUT2D eigenvalue weighted by atomic mass is 9.69. The molecular formula is C49H56B3F3N4O7S. The highest BCUT2D eigenvalue weighted by Gasteiger charge is 2.36. The van der Waals surface area contributed by atoms with Crippen LogP contribution in [0.15, 0.2) is 176 Å². The number of nitrogens with zero attached hydrogens (tertiary/aromatic N) is 2. The summed E-state index contributed by atoms with van der Waals surface area (Å²) in [5.74, 6) is 5.03. The summed E-state index contributed by atoms with van der Waals surface area (Å²) in [6.07, 6.45) is 8.47. The molecule has 0 radical (unpaired) electrons. The van der Waals surface area contributed by atoms with Crippen molar-refractivity contribution in [1.29, 1.82) is 0 Å². The molecule has 1 saturated heterocycles. The van der Waals surface area contributed by atoms with Crippen molar-refractivity contribution >= 4 is 54.7 Å². The van der Waals surface area contributed by atoms with Crippen molar-refractivity contribution in [2.75, 3.05) is 17.1 Å². The van der Waals surface area contributed by atoms with Crippen molar-refractivity contribution in [2.24, 2.45) is 0 Å². The van der Waals surface area contributed by atoms with Crippen molar-refractivity contribution in [3.05, 3.63) is 204 Å². The summed E-state index contributed by atoms with van der Waals surface area (Å²) in [4.78, 5) is 17.5. The zero-order chi connectivity index (χ0) is 48.7. The first kappa shape index (κ1) is 53.6. The van der Waals surface area contributed by atoms with Gasteiger partial charge in [0.15, 0.2) is 0 Å². The number of aliphatic hydroxyl groups is 1. The fraction of sp³-hybridized carbons (Fsp3) is 0.224. The van der Waals surface area contributed by atoms with Gasteiger partial charge in [0.25, 0.3) is 5.91 Å². The summed E-state index contributed by atoms with van der Waals surface area (Å²) in [7, 11) is -4.82. The quantitative estimate of drug-likeness (QED) is 0.0827. The van der Waals surface area contributed by atoms with Crippen LogP contribution in [0.2, 0.25) is 0 Å². The zero-order valence-corrected chi connectivity index (χ0v) is 39.0. The molecule has 1 aliphatic rings. The van der Waals surface area contributed by atoms with E-state index in [4.69, 9.17) is 13.7 Å². The van der Waals surface area contributed by atoms with E-state index in [1.54, 1.807) is 80.0 Å². The monoisotopic (exact) mass is 934 g/mol. The van der Waals surface area contributed by atoms with E-state index in [0.29, 0.717) is 16.8 Å². The molecule has 1 amide bonds. The van der Waals surface area contributed by atoms with Gasteiger partial charge in [0.1, 0.15) is 0 Å². The standard InChI is InChI=1S/C35H36F3N3O4S.C9H15B3O3.C5H5N/c1-3-11-26-18-28(22-31(20-26)41(46(2,44)45)30-16-8-5-9-17-30)34(43)40-32(21-25-12-6-4-7-13-25)33(42)24-39-23-27-14-10-15-29(19-27)35(36,37)38;1-4-7-10-13-11(8-5-2)15-12(14-10)9-6-3;1-2-4-6-5-3-1/h3-20,22,32-33,39,42H,21,23-24H2,1-2H3,(H,40,43);4-9H,1-3H3;1-5H/b11-3+;7-4-,8-5+,9-6+;/t32-,33+;;/m0../s1. The van der Waals surface area contributed by atoms with Gasteiger partial charge < -0.3 is 29.5 Å². The Morgan fingerprint density at radius 2 is 1.28 bits per heavy atom. The van der Waals surface area contributed by atoms with Crippen molar-refractivity contribution in [1.82, 2.24) is 15.6 Å². The van der Waals surface area contributed by atoms with Gasteiger partial charge in [0.05, 0.1) is 35.3 Å². The van der Waals surface area contributed by atoms with E-state index >= 15 is 0 Å². The number of sulfonamides is 1. The highest BCUT2D eigenvalue weighted by Crippen LogP contribution is 2.31. The molecule has 2 atom stereocenters. The number of aliphatic hydroxyl groups excluding tert-OH is 1. The Bertz CT molecular complexity index is 2410. The van der Waals surface area contributed by atoms with Crippen LogP contribution in [0.4, 0.5) is 24.5 Å². The second-order valence-electron chi connectivity index (χ2n) is 15.0. The van der Waals surface area contributed by atoms with Crippen LogP contribution < -0.4 is 14.9 Å². The summed E-state index contributed by atoms with van der Waals surface area (Å²) in [5, 5.41) is 17.1. The largest absolute Gasteiger partial charge is 0.458 e. The number of carbonyl (C=O) groups is 1. The maximum atomic E-state index is 13.8. The molecule has 2 heterocycles. The van der Waals surface area contributed by atoms with E-state index in [2.05, 4.69) is 15.6 Å². The Morgan fingerprint density at radius 3 is 1.78 bits per heavy atom. The van der Waals surface area contributed by atoms with Crippen LogP contribution in [0.5, 0.6) is 0 Å². The second-order valence-corrected chi connectivity index (χ2v) is 16.8. The molecule has 0 bridgehead atoms. The van der Waals surface area contributed by atoms with E-state index in [-0.39, 0.29) is 52.1 Å². The number of nitrogens with one attached hydrogen (secondary N) is 2. The lowest BCUT2D eigenvalue weighted by Crippen LogP contribution is -2.48. The third kappa shape index (κ3) is 18.7. The molecule has 1 aromatic heterocycles. The lowest BCUT2D eigenvalue weighted by Gasteiger charge is -2.26. The van der Waals surface area contributed by atoms with Crippen LogP contribution >= 0.6 is 0 Å². The molecule has 6 rings (SSSR count). The second kappa shape index (κ2) is 27.6. The normalized spacial score (nSPS) is 14.1. The summed E-state index contributed by atoms with van der Waals surface area (Å²) in [5.41, 5.74) is 1.92. The van der Waals surface area contributed by atoms with E-state index in [1.165, 1.54) is 12.1 Å². The van der Waals surface area contributed by atoms with Gasteiger partial charge in [-0.2, -0.15) is 13.2 Å². The Labute approximate surface area is 394 Å². The average molecular weight is 935 g/mol. The predicted molar refractivity (Wildman–Crippen MR) is 264 cm³/mol. The molecule has 67 heavy (non-hydrogen) atoms. The maximum absolute atomic E-state index is 13.8. The molecule has 11 nitrogen and oxygen atoms in total. The summed E-state index contributed by atoms with van der Waals surface area (Å²) in [6, 6.07) is 32.4. The van der Waals surface area contributed by atoms with Crippen molar-refractivity contribution in [3.8, 4) is 0 Å². The Hall–Kier alpha value is -6.01. The molecule has 5 aromatic rings. The molecule has 4 aromatic carbocycles. The number of anilines is 2. The number of rotatable bonds is 16. The SMILES string of the molecule is C/C=C/c1cc(C(=O)N[C@@H](Cc2ccccc2)[C@H](O)CNCc2cccc(C(F)(F)F)c2)cc(N(c2ccccc2)S(C)(=O)=O)c1.C/C=C\B1OB(/C=C/C)OB(/C=C/C)O1.c1ccncc1. The molecule has 0 spiro atoms. The number of hydrogen-bond donors (Lipinski definition) is 3. The number of halogens is 3. The smallest absolute Gasteiger partial charge is 0.445 e. The number of allylic oxidation sites excluding steroid dienone is 4. The van der Waals surface area contributed by atoms with E-state index in [9.17, 15) is 31.5 Å². The molecule has 0 aliphatic carbocycles. The number of amides is 1. The first-order valence-corrected chi connectivity index (χ1v) is 23.4. The van der Waals surface area contributed by atoms with E-state index < -0.39 is 39.8 Å². The van der Waals surface area contributed by atoms with Gasteiger partial charge >= 0.3 is 27.5 Å². The summed E-state index contributed by atoms with van der Waals surface area (Å²) >= 11 is 0. The maximum Gasteiger partial charge on any atom is 0.458 e. The van der Waals surface area contributed by atoms with Crippen LogP contribution in [0.3, 0.4) is 0 Å². The van der Waals surface area contributed by atoms with Crippen molar-refractivity contribution in [2.45, 2.75) is 59.0 Å². The molecular weight excluding hydrogens is 878 g/mol. The van der Waals surface area contributed by atoms with Crippen LogP contribution in [0.25, 0.3) is 6.08 Å². The number of benzene rings is 4. The minimum absolute atomic E-state index is 0.0201. The van der Waals surface area contributed by atoms with Gasteiger partial charge in [-0.25, -0.2) is 12.7 Å². The molecule has 350 valence electrons. The Morgan fingerprint density at radius 1 is 0.731 bits per heavy atom. The third-order valence-electron chi connectivity index (χ3n) is 9.55. The minimum Gasteiger partial charge on any atom is -0.445 e. The van der Waals surface area contributed by atoms with E-state index in [0.717, 1.165) is 28.3 Å². The topological polar surface area (TPSA) is 139 Å². The molecule has 1 aliphatic heterocycles. The third-order valence-corrected chi connectivity index (χ3v) is 10.6. The van der Waals surface area contributed by atoms with Gasteiger partial charge in [-0.15, -0.1) is 0 Å². The van der Waals surface area contributed by atoms with Gasteiger partial charge in [-0.3, -0.25) is 9.78 Å². The first-order chi connectivity index (χ1) is 32.1. The van der Waals surface area contributed by atoms with Crippen molar-refractivity contribution in [3.63, 3.8) is 0 Å². The number of para-hydroxylation sites is 1. The molecule has 18 heteroatoms. The molecule has 0 unspecified atom stereocenters. The Kier molecular flexibility index (Phi) is 22.1. The Balaban J connectivity index is 0.000000381. The van der Waals surface area contributed by atoms with Gasteiger partial charge in [-0.1, -0.05) is 121 Å². The molecule has 3 N–H and O–H groups in total. The van der Waals surface area contributed by atoms with Crippen LogP contribution in [0.1, 0.15) is 60.3 Å². The van der Waals surface area contributed by atoms with Crippen LogP contribution in [-0.2, 0) is 42.9 Å². The lowest BCUT2D eigenvalue weighted by molar-refractivity contribution is -0.137. The number of pyridine rings is 1. The molecule has 1 fully saturated rings. The highest BCUT2D eigenvalue weighted by atomic mass is 32.2. The van der Waals surface area contributed by atoms with E-state index in [1.807, 2.05) is 105 Å².